The van der Waals surface area contributed by atoms with Gasteiger partial charge in [-0.3, -0.25) is 14.2 Å². The number of amides is 1. The highest BCUT2D eigenvalue weighted by atomic mass is 16.2. The Hall–Kier alpha value is -3.41. The van der Waals surface area contributed by atoms with Crippen molar-refractivity contribution in [1.29, 1.82) is 0 Å². The van der Waals surface area contributed by atoms with Gasteiger partial charge in [-0.2, -0.15) is 0 Å². The largest absolute Gasteiger partial charge is 0.350 e. The summed E-state index contributed by atoms with van der Waals surface area (Å²) in [5, 5.41) is 4.35. The first-order chi connectivity index (χ1) is 12.1. The lowest BCUT2D eigenvalue weighted by molar-refractivity contribution is -0.116. The molecule has 2 aromatic carbocycles. The number of carbonyl (C=O) groups is 1. The lowest BCUT2D eigenvalue weighted by Gasteiger charge is -2.09. The fraction of sp³-hybridized carbons (Fsp3) is 0.105. The molecule has 4 aromatic rings. The molecule has 0 spiro atoms. The second kappa shape index (κ2) is 5.90. The van der Waals surface area contributed by atoms with Crippen LogP contribution in [0.4, 0.5) is 5.69 Å². The summed E-state index contributed by atoms with van der Waals surface area (Å²) < 4.78 is 3.31. The Kier molecular flexibility index (Phi) is 3.57. The maximum absolute atomic E-state index is 12.5. The summed E-state index contributed by atoms with van der Waals surface area (Å²) in [6, 6.07) is 14.8. The highest BCUT2D eigenvalue weighted by Crippen LogP contribution is 2.23. The minimum atomic E-state index is -0.268. The van der Waals surface area contributed by atoms with Crippen LogP contribution in [0.5, 0.6) is 0 Å². The molecule has 1 amide bonds. The highest BCUT2D eigenvalue weighted by Gasteiger charge is 2.10. The first-order valence-corrected chi connectivity index (χ1v) is 7.91. The SMILES string of the molecule is Cn1ccc2c(NC(=O)Cn3cnc4ccccc4c3=O)cccc21. The van der Waals surface area contributed by atoms with Gasteiger partial charge in [0.05, 0.1) is 22.9 Å². The molecule has 25 heavy (non-hydrogen) atoms. The molecule has 0 radical (unpaired) electrons. The maximum Gasteiger partial charge on any atom is 0.261 e. The number of aromatic nitrogens is 3. The van der Waals surface area contributed by atoms with E-state index in [2.05, 4.69) is 10.3 Å². The molecule has 0 aliphatic carbocycles. The van der Waals surface area contributed by atoms with Crippen molar-refractivity contribution < 1.29 is 4.79 Å². The molecule has 4 rings (SSSR count). The van der Waals surface area contributed by atoms with Crippen LogP contribution in [0, 0.1) is 0 Å². The predicted molar refractivity (Wildman–Crippen MR) is 97.6 cm³/mol. The van der Waals surface area contributed by atoms with Gasteiger partial charge < -0.3 is 9.88 Å². The predicted octanol–water partition coefficient (Wildman–Crippen LogP) is 2.53. The van der Waals surface area contributed by atoms with E-state index in [0.717, 1.165) is 16.6 Å². The molecule has 2 aromatic heterocycles. The first kappa shape index (κ1) is 15.1. The lowest BCUT2D eigenvalue weighted by Crippen LogP contribution is -2.27. The van der Waals surface area contributed by atoms with E-state index in [1.54, 1.807) is 18.2 Å². The van der Waals surface area contributed by atoms with Crippen molar-refractivity contribution in [2.24, 2.45) is 7.05 Å². The monoisotopic (exact) mass is 332 g/mol. The van der Waals surface area contributed by atoms with E-state index in [0.29, 0.717) is 10.9 Å². The summed E-state index contributed by atoms with van der Waals surface area (Å²) in [7, 11) is 1.95. The Morgan fingerprint density at radius 1 is 1.08 bits per heavy atom. The number of fused-ring (bicyclic) bond motifs is 2. The molecule has 0 aliphatic rings. The van der Waals surface area contributed by atoms with E-state index in [4.69, 9.17) is 0 Å². The molecule has 1 N–H and O–H groups in total. The average Bonchev–Trinajstić information content (AvgIpc) is 3.00. The first-order valence-electron chi connectivity index (χ1n) is 7.91. The normalized spacial score (nSPS) is 11.1. The average molecular weight is 332 g/mol. The number of nitrogens with zero attached hydrogens (tertiary/aromatic N) is 3. The van der Waals surface area contributed by atoms with Crippen molar-refractivity contribution in [3.63, 3.8) is 0 Å². The second-order valence-corrected chi connectivity index (χ2v) is 5.91. The van der Waals surface area contributed by atoms with Crippen LogP contribution in [0.1, 0.15) is 0 Å². The van der Waals surface area contributed by atoms with Gasteiger partial charge in [0.2, 0.25) is 5.91 Å². The zero-order valence-corrected chi connectivity index (χ0v) is 13.6. The van der Waals surface area contributed by atoms with E-state index in [-0.39, 0.29) is 18.0 Å². The number of rotatable bonds is 3. The van der Waals surface area contributed by atoms with Gasteiger partial charge in [0.15, 0.2) is 0 Å². The van der Waals surface area contributed by atoms with Gasteiger partial charge in [-0.05, 0) is 30.3 Å². The van der Waals surface area contributed by atoms with Gasteiger partial charge in [0.25, 0.3) is 5.56 Å². The van der Waals surface area contributed by atoms with E-state index in [1.165, 1.54) is 10.9 Å². The summed E-state index contributed by atoms with van der Waals surface area (Å²) in [5.74, 6) is -0.268. The Bertz CT molecular complexity index is 1160. The summed E-state index contributed by atoms with van der Waals surface area (Å²) in [5.41, 5.74) is 2.16. The number of hydrogen-bond donors (Lipinski definition) is 1. The third kappa shape index (κ3) is 2.67. The minimum Gasteiger partial charge on any atom is -0.350 e. The standard InChI is InChI=1S/C19H16N4O2/c1-22-10-9-13-16(7-4-8-17(13)22)21-18(24)11-23-12-20-15-6-3-2-5-14(15)19(23)25/h2-10,12H,11H2,1H3,(H,21,24). The van der Waals surface area contributed by atoms with Crippen molar-refractivity contribution >= 4 is 33.4 Å². The van der Waals surface area contributed by atoms with Crippen molar-refractivity contribution in [3.8, 4) is 0 Å². The quantitative estimate of drug-likeness (QED) is 0.627. The Balaban J connectivity index is 1.62. The highest BCUT2D eigenvalue weighted by molar-refractivity contribution is 6.01. The van der Waals surface area contributed by atoms with E-state index in [1.807, 2.05) is 48.1 Å². The number of hydrogen-bond acceptors (Lipinski definition) is 3. The molecule has 6 nitrogen and oxygen atoms in total. The molecular formula is C19H16N4O2. The Labute approximate surface area is 143 Å². The number of para-hydroxylation sites is 1. The van der Waals surface area contributed by atoms with Crippen LogP contribution in [-0.2, 0) is 18.4 Å². The summed E-state index contributed by atoms with van der Waals surface area (Å²) >= 11 is 0. The topological polar surface area (TPSA) is 68.9 Å². The van der Waals surface area contributed by atoms with Crippen LogP contribution in [0.25, 0.3) is 21.8 Å². The molecule has 2 heterocycles. The van der Waals surface area contributed by atoms with Gasteiger partial charge in [0, 0.05) is 24.1 Å². The van der Waals surface area contributed by atoms with Gasteiger partial charge >= 0.3 is 0 Å². The number of aryl methyl sites for hydroxylation is 1. The van der Waals surface area contributed by atoms with E-state index in [9.17, 15) is 9.59 Å². The third-order valence-corrected chi connectivity index (χ3v) is 4.25. The van der Waals surface area contributed by atoms with Crippen LogP contribution in [0.15, 0.2) is 65.8 Å². The maximum atomic E-state index is 12.5. The second-order valence-electron chi connectivity index (χ2n) is 5.91. The number of carbonyl (C=O) groups excluding carboxylic acids is 1. The fourth-order valence-corrected chi connectivity index (χ4v) is 2.97. The van der Waals surface area contributed by atoms with Crippen molar-refractivity contribution in [2.45, 2.75) is 6.54 Å². The van der Waals surface area contributed by atoms with Crippen LogP contribution >= 0.6 is 0 Å². The van der Waals surface area contributed by atoms with Crippen molar-refractivity contribution in [3.05, 3.63) is 71.4 Å². The fourth-order valence-electron chi connectivity index (χ4n) is 2.97. The molecular weight excluding hydrogens is 316 g/mol. The molecule has 0 saturated carbocycles. The Morgan fingerprint density at radius 3 is 2.80 bits per heavy atom. The van der Waals surface area contributed by atoms with Gasteiger partial charge in [0.1, 0.15) is 6.54 Å². The van der Waals surface area contributed by atoms with Crippen LogP contribution < -0.4 is 10.9 Å². The van der Waals surface area contributed by atoms with Gasteiger partial charge in [-0.1, -0.05) is 18.2 Å². The molecule has 0 atom stereocenters. The summed E-state index contributed by atoms with van der Waals surface area (Å²) in [4.78, 5) is 29.1. The molecule has 0 bridgehead atoms. The smallest absolute Gasteiger partial charge is 0.261 e. The van der Waals surface area contributed by atoms with Crippen molar-refractivity contribution in [2.75, 3.05) is 5.32 Å². The van der Waals surface area contributed by atoms with Crippen LogP contribution in [-0.4, -0.2) is 20.0 Å². The molecule has 0 fully saturated rings. The van der Waals surface area contributed by atoms with E-state index >= 15 is 0 Å². The molecule has 0 unspecified atom stereocenters. The summed E-state index contributed by atoms with van der Waals surface area (Å²) in [6.07, 6.45) is 3.35. The number of anilines is 1. The number of nitrogens with one attached hydrogen (secondary N) is 1. The van der Waals surface area contributed by atoms with E-state index < -0.39 is 0 Å². The van der Waals surface area contributed by atoms with Crippen LogP contribution in [0.3, 0.4) is 0 Å². The zero-order chi connectivity index (χ0) is 17.4. The molecule has 124 valence electrons. The lowest BCUT2D eigenvalue weighted by atomic mass is 10.2. The van der Waals surface area contributed by atoms with Crippen LogP contribution in [0.2, 0.25) is 0 Å². The van der Waals surface area contributed by atoms with Crippen molar-refractivity contribution in [1.82, 2.24) is 14.1 Å². The molecule has 6 heteroatoms. The third-order valence-electron chi connectivity index (χ3n) is 4.25. The molecule has 0 saturated heterocycles. The minimum absolute atomic E-state index is 0.0834. The summed E-state index contributed by atoms with van der Waals surface area (Å²) in [6.45, 7) is -0.0834. The molecule has 0 aliphatic heterocycles. The number of benzene rings is 2. The Morgan fingerprint density at radius 2 is 1.92 bits per heavy atom. The zero-order valence-electron chi connectivity index (χ0n) is 13.6. The van der Waals surface area contributed by atoms with Gasteiger partial charge in [-0.15, -0.1) is 0 Å². The van der Waals surface area contributed by atoms with Gasteiger partial charge in [-0.25, -0.2) is 4.98 Å².